The van der Waals surface area contributed by atoms with Crippen molar-refractivity contribution in [3.05, 3.63) is 22.2 Å². The van der Waals surface area contributed by atoms with Crippen LogP contribution in [0.1, 0.15) is 12.5 Å². The van der Waals surface area contributed by atoms with Crippen LogP contribution in [0.5, 0.6) is 11.5 Å². The van der Waals surface area contributed by atoms with Gasteiger partial charge in [0.05, 0.1) is 18.2 Å². The van der Waals surface area contributed by atoms with Gasteiger partial charge in [-0.3, -0.25) is 9.63 Å². The lowest BCUT2D eigenvalue weighted by molar-refractivity contribution is -0.125. The van der Waals surface area contributed by atoms with Crippen LogP contribution >= 0.6 is 15.9 Å². The Morgan fingerprint density at radius 1 is 1.47 bits per heavy atom. The minimum absolute atomic E-state index is 0.171. The van der Waals surface area contributed by atoms with E-state index in [1.165, 1.54) is 0 Å². The molecule has 0 atom stereocenters. The number of hydrogen-bond acceptors (Lipinski definition) is 5. The highest BCUT2D eigenvalue weighted by atomic mass is 79.9. The number of carbonyl (C=O) groups is 1. The highest BCUT2D eigenvalue weighted by Crippen LogP contribution is 2.36. The molecule has 0 fully saturated rings. The van der Waals surface area contributed by atoms with Gasteiger partial charge in [0.1, 0.15) is 6.61 Å². The molecule has 0 aliphatic carbocycles. The largest absolute Gasteiger partial charge is 0.493 e. The predicted octanol–water partition coefficient (Wildman–Crippen LogP) is 1.36. The molecule has 0 aliphatic heterocycles. The van der Waals surface area contributed by atoms with Gasteiger partial charge in [-0.15, -0.1) is 0 Å². The van der Waals surface area contributed by atoms with Crippen LogP contribution in [-0.4, -0.2) is 26.2 Å². The van der Waals surface area contributed by atoms with Crippen molar-refractivity contribution in [2.24, 2.45) is 5.73 Å². The second-order valence-electron chi connectivity index (χ2n) is 3.62. The number of nitrogens with two attached hydrogens (primary N) is 1. The Bertz CT molecular complexity index is 440. The number of benzene rings is 1. The molecule has 106 valence electrons. The van der Waals surface area contributed by atoms with Gasteiger partial charge in [-0.25, -0.2) is 0 Å². The monoisotopic (exact) mass is 332 g/mol. The SMILES string of the molecule is CCOc1c(Br)cc(CNOCC(N)=O)cc1OC. The van der Waals surface area contributed by atoms with Crippen LogP contribution in [0.3, 0.4) is 0 Å². The average molecular weight is 333 g/mol. The van der Waals surface area contributed by atoms with Crippen molar-refractivity contribution < 1.29 is 19.1 Å². The molecule has 0 spiro atoms. The molecule has 1 aromatic rings. The summed E-state index contributed by atoms with van der Waals surface area (Å²) < 4.78 is 11.5. The van der Waals surface area contributed by atoms with E-state index in [1.807, 2.05) is 19.1 Å². The van der Waals surface area contributed by atoms with E-state index in [1.54, 1.807) is 7.11 Å². The second-order valence-corrected chi connectivity index (χ2v) is 4.47. The smallest absolute Gasteiger partial charge is 0.245 e. The number of ether oxygens (including phenoxy) is 2. The molecule has 6 nitrogen and oxygen atoms in total. The van der Waals surface area contributed by atoms with Crippen LogP contribution in [0.25, 0.3) is 0 Å². The standard InChI is InChI=1S/C12H17BrN2O4/c1-3-18-12-9(13)4-8(5-10(12)17-2)6-15-19-7-11(14)16/h4-5,15H,3,6-7H2,1-2H3,(H2,14,16). The van der Waals surface area contributed by atoms with Crippen LogP contribution in [0.4, 0.5) is 0 Å². The molecule has 0 aliphatic rings. The van der Waals surface area contributed by atoms with Crippen molar-refractivity contribution in [3.8, 4) is 11.5 Å². The van der Waals surface area contributed by atoms with E-state index in [9.17, 15) is 4.79 Å². The lowest BCUT2D eigenvalue weighted by Gasteiger charge is -2.13. The Balaban J connectivity index is 2.69. The molecule has 3 N–H and O–H groups in total. The van der Waals surface area contributed by atoms with Crippen molar-refractivity contribution in [3.63, 3.8) is 0 Å². The molecule has 0 radical (unpaired) electrons. The van der Waals surface area contributed by atoms with Crippen LogP contribution < -0.4 is 20.7 Å². The first-order chi connectivity index (χ1) is 9.08. The third-order valence-corrected chi connectivity index (χ3v) is 2.76. The molecular weight excluding hydrogens is 316 g/mol. The first kappa shape index (κ1) is 15.7. The molecule has 19 heavy (non-hydrogen) atoms. The van der Waals surface area contributed by atoms with Crippen molar-refractivity contribution in [1.29, 1.82) is 0 Å². The van der Waals surface area contributed by atoms with Crippen molar-refractivity contribution in [2.75, 3.05) is 20.3 Å². The highest BCUT2D eigenvalue weighted by Gasteiger charge is 2.11. The first-order valence-corrected chi connectivity index (χ1v) is 6.50. The van der Waals surface area contributed by atoms with Gasteiger partial charge in [0.15, 0.2) is 11.5 Å². The maximum Gasteiger partial charge on any atom is 0.245 e. The van der Waals surface area contributed by atoms with Gasteiger partial charge < -0.3 is 15.2 Å². The minimum Gasteiger partial charge on any atom is -0.493 e. The summed E-state index contributed by atoms with van der Waals surface area (Å²) in [5.74, 6) is 0.757. The summed E-state index contributed by atoms with van der Waals surface area (Å²) in [6.07, 6.45) is 0. The summed E-state index contributed by atoms with van der Waals surface area (Å²) in [6, 6.07) is 3.71. The van der Waals surface area contributed by atoms with E-state index in [0.29, 0.717) is 24.7 Å². The quantitative estimate of drug-likeness (QED) is 0.554. The molecule has 0 heterocycles. The maximum atomic E-state index is 10.5. The normalized spacial score (nSPS) is 10.3. The number of rotatable bonds is 8. The lowest BCUT2D eigenvalue weighted by atomic mass is 10.2. The van der Waals surface area contributed by atoms with Crippen molar-refractivity contribution in [2.45, 2.75) is 13.5 Å². The van der Waals surface area contributed by atoms with Gasteiger partial charge in [0.2, 0.25) is 5.91 Å². The summed E-state index contributed by atoms with van der Waals surface area (Å²) in [6.45, 7) is 2.69. The molecule has 0 bridgehead atoms. The molecule has 0 aromatic heterocycles. The zero-order valence-electron chi connectivity index (χ0n) is 10.9. The van der Waals surface area contributed by atoms with Crippen LogP contribution in [0, 0.1) is 0 Å². The molecular formula is C12H17BrN2O4. The lowest BCUT2D eigenvalue weighted by Crippen LogP contribution is -2.24. The Labute approximate surface area is 120 Å². The number of hydrogen-bond donors (Lipinski definition) is 2. The second kappa shape index (κ2) is 7.98. The molecule has 1 rings (SSSR count). The predicted molar refractivity (Wildman–Crippen MR) is 73.8 cm³/mol. The molecule has 1 amide bonds. The van der Waals surface area contributed by atoms with Gasteiger partial charge in [0.25, 0.3) is 0 Å². The van der Waals surface area contributed by atoms with E-state index in [4.69, 9.17) is 20.0 Å². The molecule has 1 aromatic carbocycles. The Kier molecular flexibility index (Phi) is 6.61. The van der Waals surface area contributed by atoms with Crippen molar-refractivity contribution in [1.82, 2.24) is 5.48 Å². The Hall–Kier alpha value is -1.31. The highest BCUT2D eigenvalue weighted by molar-refractivity contribution is 9.10. The van der Waals surface area contributed by atoms with Gasteiger partial charge in [0, 0.05) is 6.54 Å². The number of carbonyl (C=O) groups excluding carboxylic acids is 1. The number of halogens is 1. The van der Waals surface area contributed by atoms with Gasteiger partial charge in [-0.05, 0) is 40.5 Å². The molecule has 0 saturated carbocycles. The zero-order valence-corrected chi connectivity index (χ0v) is 12.5. The van der Waals surface area contributed by atoms with E-state index >= 15 is 0 Å². The number of hydroxylamine groups is 1. The summed E-state index contributed by atoms with van der Waals surface area (Å²) in [4.78, 5) is 15.4. The molecule has 7 heteroatoms. The fourth-order valence-corrected chi connectivity index (χ4v) is 2.02. The summed E-state index contributed by atoms with van der Waals surface area (Å²) in [5.41, 5.74) is 8.51. The van der Waals surface area contributed by atoms with E-state index in [2.05, 4.69) is 21.4 Å². The van der Waals surface area contributed by atoms with Gasteiger partial charge in [-0.2, -0.15) is 5.48 Å². The van der Waals surface area contributed by atoms with Crippen LogP contribution in [0.15, 0.2) is 16.6 Å². The fourth-order valence-electron chi connectivity index (χ4n) is 1.42. The van der Waals surface area contributed by atoms with E-state index in [-0.39, 0.29) is 6.61 Å². The summed E-state index contributed by atoms with van der Waals surface area (Å²) >= 11 is 3.42. The topological polar surface area (TPSA) is 82.8 Å². The van der Waals surface area contributed by atoms with Crippen molar-refractivity contribution >= 4 is 21.8 Å². The van der Waals surface area contributed by atoms with Crippen LogP contribution in [-0.2, 0) is 16.2 Å². The Morgan fingerprint density at radius 2 is 2.21 bits per heavy atom. The minimum atomic E-state index is -0.530. The summed E-state index contributed by atoms with van der Waals surface area (Å²) in [5, 5.41) is 0. The maximum absolute atomic E-state index is 10.5. The third-order valence-electron chi connectivity index (χ3n) is 2.17. The number of nitrogens with one attached hydrogen (secondary N) is 1. The third kappa shape index (κ3) is 5.06. The average Bonchev–Trinajstić information content (AvgIpc) is 2.37. The first-order valence-electron chi connectivity index (χ1n) is 5.70. The molecule has 0 saturated heterocycles. The van der Waals surface area contributed by atoms with Gasteiger partial charge >= 0.3 is 0 Å². The van der Waals surface area contributed by atoms with Gasteiger partial charge in [-0.1, -0.05) is 0 Å². The fraction of sp³-hybridized carbons (Fsp3) is 0.417. The number of primary amides is 1. The van der Waals surface area contributed by atoms with E-state index < -0.39 is 5.91 Å². The summed E-state index contributed by atoms with van der Waals surface area (Å²) in [7, 11) is 1.57. The number of amides is 1. The van der Waals surface area contributed by atoms with Crippen LogP contribution in [0.2, 0.25) is 0 Å². The number of methoxy groups -OCH3 is 1. The van der Waals surface area contributed by atoms with E-state index in [0.717, 1.165) is 10.0 Å². The molecule has 0 unspecified atom stereocenters. The Morgan fingerprint density at radius 3 is 2.79 bits per heavy atom. The zero-order chi connectivity index (χ0) is 14.3.